The molecule has 10 heteroatoms. The smallest absolute Gasteiger partial charge is 0.343 e. The lowest BCUT2D eigenvalue weighted by molar-refractivity contribution is -0.123. The van der Waals surface area contributed by atoms with Crippen molar-refractivity contribution in [2.45, 2.75) is 19.5 Å². The van der Waals surface area contributed by atoms with E-state index in [0.717, 1.165) is 27.9 Å². The Labute approximate surface area is 175 Å². The lowest BCUT2D eigenvalue weighted by Gasteiger charge is -2.08. The highest BCUT2D eigenvalue weighted by atomic mass is 19.4. The normalized spacial score (nSPS) is 11.8. The van der Waals surface area contributed by atoms with Crippen molar-refractivity contribution in [3.05, 3.63) is 65.1 Å². The fourth-order valence-corrected chi connectivity index (χ4v) is 3.31. The Balaban J connectivity index is 1.52. The van der Waals surface area contributed by atoms with Crippen molar-refractivity contribution < 1.29 is 18.0 Å². The minimum absolute atomic E-state index is 0.133. The predicted octanol–water partition coefficient (Wildman–Crippen LogP) is 3.55. The number of aromatic amines is 1. The van der Waals surface area contributed by atoms with Crippen molar-refractivity contribution in [1.82, 2.24) is 30.3 Å². The average Bonchev–Trinajstić information content (AvgIpc) is 3.35. The van der Waals surface area contributed by atoms with Crippen LogP contribution in [-0.4, -0.2) is 43.6 Å². The molecule has 2 aromatic carbocycles. The highest BCUT2D eigenvalue weighted by Gasteiger charge is 2.27. The Morgan fingerprint density at radius 2 is 1.90 bits per heavy atom. The number of H-pyrrole nitrogens is 1. The van der Waals surface area contributed by atoms with E-state index in [1.54, 1.807) is 30.1 Å². The second-order valence-electron chi connectivity index (χ2n) is 7.21. The topological polar surface area (TPSA) is 88.5 Å². The van der Waals surface area contributed by atoms with E-state index in [4.69, 9.17) is 0 Å². The van der Waals surface area contributed by atoms with E-state index < -0.39 is 18.6 Å². The monoisotopic (exact) mass is 428 g/mol. The molecule has 0 bridgehead atoms. The van der Waals surface area contributed by atoms with Crippen molar-refractivity contribution in [2.75, 3.05) is 6.54 Å². The van der Waals surface area contributed by atoms with Crippen LogP contribution in [0.2, 0.25) is 0 Å². The summed E-state index contributed by atoms with van der Waals surface area (Å²) >= 11 is 0. The summed E-state index contributed by atoms with van der Waals surface area (Å²) in [6.07, 6.45) is -2.08. The second kappa shape index (κ2) is 7.86. The molecule has 0 saturated carbocycles. The molecule has 4 rings (SSSR count). The van der Waals surface area contributed by atoms with E-state index in [9.17, 15) is 18.0 Å². The SMILES string of the molecule is Cc1c(Cc2nc(-c3ccc(C(=O)NCC(F)(F)F)cc3)nn2C)ccc2[nH]ncc12. The Kier molecular flexibility index (Phi) is 5.22. The number of aromatic nitrogens is 5. The van der Waals surface area contributed by atoms with Gasteiger partial charge in [0.2, 0.25) is 0 Å². The first-order valence-electron chi connectivity index (χ1n) is 9.48. The van der Waals surface area contributed by atoms with Gasteiger partial charge in [-0.2, -0.15) is 23.4 Å². The van der Waals surface area contributed by atoms with Crippen LogP contribution in [0.3, 0.4) is 0 Å². The molecule has 160 valence electrons. The van der Waals surface area contributed by atoms with Gasteiger partial charge in [-0.1, -0.05) is 18.2 Å². The summed E-state index contributed by atoms with van der Waals surface area (Å²) in [6, 6.07) is 10.1. The fraction of sp³-hybridized carbons (Fsp3) is 0.238. The maximum absolute atomic E-state index is 12.3. The van der Waals surface area contributed by atoms with Gasteiger partial charge in [0.25, 0.3) is 5.91 Å². The molecule has 31 heavy (non-hydrogen) atoms. The number of hydrogen-bond donors (Lipinski definition) is 2. The maximum Gasteiger partial charge on any atom is 0.405 e. The number of halogens is 3. The third-order valence-corrected chi connectivity index (χ3v) is 5.06. The molecule has 0 unspecified atom stereocenters. The number of nitrogens with one attached hydrogen (secondary N) is 2. The number of fused-ring (bicyclic) bond motifs is 1. The molecular weight excluding hydrogens is 409 g/mol. The molecule has 0 fully saturated rings. The molecule has 4 aromatic rings. The van der Waals surface area contributed by atoms with Crippen molar-refractivity contribution in [3.8, 4) is 11.4 Å². The van der Waals surface area contributed by atoms with Crippen molar-refractivity contribution in [3.63, 3.8) is 0 Å². The highest BCUT2D eigenvalue weighted by molar-refractivity contribution is 5.94. The summed E-state index contributed by atoms with van der Waals surface area (Å²) in [5.74, 6) is 0.443. The van der Waals surface area contributed by atoms with Gasteiger partial charge in [0.05, 0.1) is 11.7 Å². The van der Waals surface area contributed by atoms with Crippen LogP contribution in [0.25, 0.3) is 22.3 Å². The van der Waals surface area contributed by atoms with Gasteiger partial charge in [0, 0.05) is 30.0 Å². The van der Waals surface area contributed by atoms with Gasteiger partial charge >= 0.3 is 6.18 Å². The Bertz CT molecular complexity index is 1240. The number of hydrogen-bond acceptors (Lipinski definition) is 4. The molecule has 0 aliphatic carbocycles. The summed E-state index contributed by atoms with van der Waals surface area (Å²) in [5.41, 5.74) is 3.99. The number of benzene rings is 2. The molecule has 7 nitrogen and oxygen atoms in total. The third kappa shape index (κ3) is 4.42. The van der Waals surface area contributed by atoms with Crippen LogP contribution in [0.1, 0.15) is 27.3 Å². The van der Waals surface area contributed by atoms with Gasteiger partial charge in [0.15, 0.2) is 5.82 Å². The zero-order chi connectivity index (χ0) is 22.2. The lowest BCUT2D eigenvalue weighted by Crippen LogP contribution is -2.33. The Morgan fingerprint density at radius 1 is 1.16 bits per heavy atom. The number of alkyl halides is 3. The first-order valence-corrected chi connectivity index (χ1v) is 9.48. The van der Waals surface area contributed by atoms with E-state index in [1.165, 1.54) is 12.1 Å². The Morgan fingerprint density at radius 3 is 2.61 bits per heavy atom. The largest absolute Gasteiger partial charge is 0.405 e. The summed E-state index contributed by atoms with van der Waals surface area (Å²) in [4.78, 5) is 16.5. The zero-order valence-corrected chi connectivity index (χ0v) is 16.8. The van der Waals surface area contributed by atoms with Crippen LogP contribution in [0.5, 0.6) is 0 Å². The van der Waals surface area contributed by atoms with Crippen LogP contribution in [0, 0.1) is 6.92 Å². The number of aryl methyl sites for hydroxylation is 2. The molecule has 2 N–H and O–H groups in total. The van der Waals surface area contributed by atoms with Gasteiger partial charge in [-0.25, -0.2) is 4.98 Å². The van der Waals surface area contributed by atoms with Crippen molar-refractivity contribution in [2.24, 2.45) is 7.05 Å². The minimum Gasteiger partial charge on any atom is -0.343 e. The summed E-state index contributed by atoms with van der Waals surface area (Å²) in [6.45, 7) is 0.662. The molecule has 0 atom stereocenters. The second-order valence-corrected chi connectivity index (χ2v) is 7.21. The fourth-order valence-electron chi connectivity index (χ4n) is 3.31. The van der Waals surface area contributed by atoms with Gasteiger partial charge in [0.1, 0.15) is 12.4 Å². The quantitative estimate of drug-likeness (QED) is 0.509. The van der Waals surface area contributed by atoms with Crippen LogP contribution in [0.15, 0.2) is 42.6 Å². The molecule has 0 saturated heterocycles. The molecule has 0 aliphatic rings. The van der Waals surface area contributed by atoms with E-state index in [0.29, 0.717) is 17.8 Å². The first-order chi connectivity index (χ1) is 14.7. The molecule has 2 heterocycles. The number of carbonyl (C=O) groups excluding carboxylic acids is 1. The summed E-state index contributed by atoms with van der Waals surface area (Å²) in [7, 11) is 1.80. The summed E-state index contributed by atoms with van der Waals surface area (Å²) < 4.78 is 38.5. The molecule has 1 amide bonds. The van der Waals surface area contributed by atoms with Crippen molar-refractivity contribution >= 4 is 16.8 Å². The van der Waals surface area contributed by atoms with Crippen molar-refractivity contribution in [1.29, 1.82) is 0 Å². The third-order valence-electron chi connectivity index (χ3n) is 5.06. The van der Waals surface area contributed by atoms with Gasteiger partial charge < -0.3 is 5.32 Å². The lowest BCUT2D eigenvalue weighted by atomic mass is 10.0. The van der Waals surface area contributed by atoms with Gasteiger partial charge in [-0.05, 0) is 36.2 Å². The maximum atomic E-state index is 12.3. The Hall–Kier alpha value is -3.69. The summed E-state index contributed by atoms with van der Waals surface area (Å²) in [5, 5.41) is 14.4. The van der Waals surface area contributed by atoms with Crippen LogP contribution in [0.4, 0.5) is 13.2 Å². The number of carbonyl (C=O) groups is 1. The van der Waals surface area contributed by atoms with Gasteiger partial charge in [-0.3, -0.25) is 14.6 Å². The molecule has 0 aliphatic heterocycles. The van der Waals surface area contributed by atoms with E-state index >= 15 is 0 Å². The van der Waals surface area contributed by atoms with Crippen LogP contribution < -0.4 is 5.32 Å². The molecule has 0 spiro atoms. The van der Waals surface area contributed by atoms with Crippen LogP contribution in [-0.2, 0) is 13.5 Å². The molecule has 0 radical (unpaired) electrons. The minimum atomic E-state index is -4.45. The van der Waals surface area contributed by atoms with Crippen LogP contribution >= 0.6 is 0 Å². The van der Waals surface area contributed by atoms with Gasteiger partial charge in [-0.15, -0.1) is 0 Å². The van der Waals surface area contributed by atoms with E-state index in [1.807, 2.05) is 24.4 Å². The zero-order valence-electron chi connectivity index (χ0n) is 16.8. The van der Waals surface area contributed by atoms with E-state index in [2.05, 4.69) is 20.3 Å². The first kappa shape index (κ1) is 20.6. The molecular formula is C21H19F3N6O. The number of nitrogens with zero attached hydrogens (tertiary/aromatic N) is 4. The predicted molar refractivity (Wildman–Crippen MR) is 108 cm³/mol. The average molecular weight is 428 g/mol. The highest BCUT2D eigenvalue weighted by Crippen LogP contribution is 2.23. The standard InChI is InChI=1S/C21H19F3N6O/c1-12-15(7-8-17-16(12)10-26-28-17)9-18-27-19(29-30(18)2)13-3-5-14(6-4-13)20(31)25-11-21(22,23)24/h3-8,10H,9,11H2,1-2H3,(H,25,31)(H,26,28). The van der Waals surface area contributed by atoms with E-state index in [-0.39, 0.29) is 5.56 Å². The molecule has 2 aromatic heterocycles. The number of rotatable bonds is 5. The number of amides is 1.